The van der Waals surface area contributed by atoms with E-state index in [0.29, 0.717) is 6.42 Å². The topological polar surface area (TPSA) is 29.1 Å². The summed E-state index contributed by atoms with van der Waals surface area (Å²) in [5.74, 6) is 0.169. The van der Waals surface area contributed by atoms with Gasteiger partial charge in [-0.1, -0.05) is 6.42 Å². The quantitative estimate of drug-likeness (QED) is 0.310. The molecule has 0 aromatic heterocycles. The third-order valence-electron chi connectivity index (χ3n) is 1.27. The molecule has 0 saturated carbocycles. The van der Waals surface area contributed by atoms with E-state index in [1.807, 2.05) is 6.54 Å². The SMILES string of the molecule is O=C1CCCC[CH-]N1.[K+]. The van der Waals surface area contributed by atoms with Crippen LogP contribution in [0.1, 0.15) is 25.7 Å². The predicted octanol–water partition coefficient (Wildman–Crippen LogP) is -2.16. The smallest absolute Gasteiger partial charge is 0.506 e. The summed E-state index contributed by atoms with van der Waals surface area (Å²) in [6.45, 7) is 1.84. The molecule has 0 aliphatic carbocycles. The van der Waals surface area contributed by atoms with Crippen LogP contribution in [-0.2, 0) is 4.79 Å². The van der Waals surface area contributed by atoms with Crippen molar-refractivity contribution in [3.63, 3.8) is 0 Å². The molecular weight excluding hydrogens is 141 g/mol. The Morgan fingerprint density at radius 3 is 3.00 bits per heavy atom. The maximum Gasteiger partial charge on any atom is 1.00 e. The van der Waals surface area contributed by atoms with Gasteiger partial charge in [-0.05, 0) is 6.42 Å². The van der Waals surface area contributed by atoms with Gasteiger partial charge in [0.2, 0.25) is 0 Å². The van der Waals surface area contributed by atoms with Crippen molar-refractivity contribution in [1.29, 1.82) is 0 Å². The number of rotatable bonds is 0. The Balaban J connectivity index is 0.000000640. The van der Waals surface area contributed by atoms with Crippen LogP contribution in [0.2, 0.25) is 0 Å². The first-order valence-corrected chi connectivity index (χ1v) is 3.00. The summed E-state index contributed by atoms with van der Waals surface area (Å²) in [5, 5.41) is 2.68. The van der Waals surface area contributed by atoms with Gasteiger partial charge >= 0.3 is 51.4 Å². The van der Waals surface area contributed by atoms with Crippen LogP contribution in [0.4, 0.5) is 0 Å². The van der Waals surface area contributed by atoms with Gasteiger partial charge in [0.05, 0.1) is 0 Å². The van der Waals surface area contributed by atoms with Crippen molar-refractivity contribution >= 4 is 5.91 Å². The van der Waals surface area contributed by atoms with E-state index in [4.69, 9.17) is 0 Å². The van der Waals surface area contributed by atoms with Crippen LogP contribution < -0.4 is 56.7 Å². The van der Waals surface area contributed by atoms with E-state index < -0.39 is 0 Å². The molecule has 0 spiro atoms. The minimum absolute atomic E-state index is 0. The first-order valence-electron chi connectivity index (χ1n) is 3.00. The van der Waals surface area contributed by atoms with Gasteiger partial charge in [-0.2, -0.15) is 6.42 Å². The molecule has 3 heteroatoms. The first-order chi connectivity index (χ1) is 3.89. The van der Waals surface area contributed by atoms with Crippen molar-refractivity contribution in [2.75, 3.05) is 0 Å². The van der Waals surface area contributed by atoms with Gasteiger partial charge < -0.3 is 5.32 Å². The molecule has 1 aliphatic heterocycles. The second-order valence-corrected chi connectivity index (χ2v) is 2.02. The molecule has 0 unspecified atom stereocenters. The molecule has 1 fully saturated rings. The second-order valence-electron chi connectivity index (χ2n) is 2.02. The molecule has 0 radical (unpaired) electrons. The third kappa shape index (κ3) is 4.50. The predicted molar refractivity (Wildman–Crippen MR) is 30.9 cm³/mol. The van der Waals surface area contributed by atoms with E-state index in [9.17, 15) is 4.79 Å². The maximum absolute atomic E-state index is 10.5. The number of hydrogen-bond donors (Lipinski definition) is 1. The van der Waals surface area contributed by atoms with Gasteiger partial charge in [0.1, 0.15) is 0 Å². The van der Waals surface area contributed by atoms with E-state index in [-0.39, 0.29) is 57.3 Å². The molecule has 0 bridgehead atoms. The molecular formula is C6H10KNO. The average molecular weight is 151 g/mol. The van der Waals surface area contributed by atoms with Gasteiger partial charge in [0.15, 0.2) is 5.91 Å². The van der Waals surface area contributed by atoms with E-state index >= 15 is 0 Å². The molecule has 9 heavy (non-hydrogen) atoms. The van der Waals surface area contributed by atoms with Gasteiger partial charge in [-0.15, -0.1) is 0 Å². The zero-order valence-corrected chi connectivity index (χ0v) is 8.94. The number of hydrogen-bond acceptors (Lipinski definition) is 1. The van der Waals surface area contributed by atoms with Crippen LogP contribution in [0.15, 0.2) is 0 Å². The molecule has 0 atom stereocenters. The molecule has 0 aromatic rings. The van der Waals surface area contributed by atoms with E-state index in [1.54, 1.807) is 0 Å². The minimum Gasteiger partial charge on any atom is -0.506 e. The summed E-state index contributed by atoms with van der Waals surface area (Å²) in [4.78, 5) is 10.5. The van der Waals surface area contributed by atoms with Crippen LogP contribution in [0, 0.1) is 6.54 Å². The Morgan fingerprint density at radius 1 is 1.44 bits per heavy atom. The summed E-state index contributed by atoms with van der Waals surface area (Å²) < 4.78 is 0. The van der Waals surface area contributed by atoms with E-state index in [2.05, 4.69) is 5.32 Å². The van der Waals surface area contributed by atoms with Crippen molar-refractivity contribution in [3.8, 4) is 0 Å². The maximum atomic E-state index is 10.5. The van der Waals surface area contributed by atoms with Gasteiger partial charge in [0.25, 0.3) is 0 Å². The summed E-state index contributed by atoms with van der Waals surface area (Å²) in [5.41, 5.74) is 0. The minimum atomic E-state index is 0. The Kier molecular flexibility index (Phi) is 6.58. The number of carbonyl (C=O) groups excluding carboxylic acids is 1. The zero-order chi connectivity index (χ0) is 5.82. The van der Waals surface area contributed by atoms with Crippen molar-refractivity contribution in [2.45, 2.75) is 25.7 Å². The molecule has 1 amide bonds. The standard InChI is InChI=1S/C6H10NO.K/c8-6-4-2-1-3-5-7-6;/h5H,1-4H2,(H,7,8);/q-1;+1. The van der Waals surface area contributed by atoms with Crippen molar-refractivity contribution in [1.82, 2.24) is 5.32 Å². The molecule has 1 heterocycles. The van der Waals surface area contributed by atoms with Crippen LogP contribution in [0.25, 0.3) is 0 Å². The van der Waals surface area contributed by atoms with Crippen molar-refractivity contribution in [2.24, 2.45) is 0 Å². The molecule has 1 saturated heterocycles. The third-order valence-corrected chi connectivity index (χ3v) is 1.27. The molecule has 1 N–H and O–H groups in total. The molecule has 0 aromatic carbocycles. The Hall–Kier alpha value is 1.11. The fourth-order valence-electron chi connectivity index (χ4n) is 0.790. The van der Waals surface area contributed by atoms with Gasteiger partial charge in [0, 0.05) is 6.42 Å². The van der Waals surface area contributed by atoms with Crippen LogP contribution >= 0.6 is 0 Å². The summed E-state index contributed by atoms with van der Waals surface area (Å²) >= 11 is 0. The number of carbonyl (C=O) groups is 1. The molecule has 1 aliphatic rings. The normalized spacial score (nSPS) is 19.3. The van der Waals surface area contributed by atoms with Gasteiger partial charge in [-0.25, -0.2) is 6.54 Å². The number of nitrogens with one attached hydrogen (secondary N) is 1. The summed E-state index contributed by atoms with van der Waals surface area (Å²) in [6, 6.07) is 0. The summed E-state index contributed by atoms with van der Waals surface area (Å²) in [6.07, 6.45) is 3.93. The second kappa shape index (κ2) is 5.86. The molecule has 1 rings (SSSR count). The average Bonchev–Trinajstić information content (AvgIpc) is 1.94. The van der Waals surface area contributed by atoms with Crippen LogP contribution in [-0.4, -0.2) is 5.91 Å². The van der Waals surface area contributed by atoms with Crippen LogP contribution in [0.3, 0.4) is 0 Å². The van der Waals surface area contributed by atoms with E-state index in [1.165, 1.54) is 0 Å². The first kappa shape index (κ1) is 10.1. The monoisotopic (exact) mass is 151 g/mol. The molecule has 46 valence electrons. The number of amides is 1. The Labute approximate surface area is 98.2 Å². The summed E-state index contributed by atoms with van der Waals surface area (Å²) in [7, 11) is 0. The van der Waals surface area contributed by atoms with Gasteiger partial charge in [-0.3, -0.25) is 4.79 Å². The zero-order valence-electron chi connectivity index (χ0n) is 5.81. The fraction of sp³-hybridized carbons (Fsp3) is 0.667. The van der Waals surface area contributed by atoms with Crippen LogP contribution in [0.5, 0.6) is 0 Å². The van der Waals surface area contributed by atoms with E-state index in [0.717, 1.165) is 19.3 Å². The largest absolute Gasteiger partial charge is 1.00 e. The van der Waals surface area contributed by atoms with Crippen molar-refractivity contribution < 1.29 is 56.2 Å². The van der Waals surface area contributed by atoms with Crippen molar-refractivity contribution in [3.05, 3.63) is 6.54 Å². The fourth-order valence-corrected chi connectivity index (χ4v) is 0.790. The Morgan fingerprint density at radius 2 is 2.22 bits per heavy atom. The Bertz CT molecular complexity index is 85.1. The molecule has 2 nitrogen and oxygen atoms in total.